The van der Waals surface area contributed by atoms with Crippen LogP contribution in [0.5, 0.6) is 0 Å². The number of β-amino-alcohol motifs (C(OH)–C–C–N with tert-alkyl or cyclic N) is 1. The Morgan fingerprint density at radius 3 is 2.63 bits per heavy atom. The molecular weight excluding hydrogens is 402 g/mol. The molecule has 0 fully saturated rings. The lowest BCUT2D eigenvalue weighted by Crippen LogP contribution is -2.49. The minimum absolute atomic E-state index is 0.170. The van der Waals surface area contributed by atoms with Gasteiger partial charge < -0.3 is 15.3 Å². The van der Waals surface area contributed by atoms with E-state index < -0.39 is 34.6 Å². The Morgan fingerprint density at radius 2 is 2.00 bits per heavy atom. The highest BCUT2D eigenvalue weighted by Gasteiger charge is 2.37. The number of halogens is 4. The maximum absolute atomic E-state index is 13.9. The summed E-state index contributed by atoms with van der Waals surface area (Å²) in [6.07, 6.45) is -4.14. The summed E-state index contributed by atoms with van der Waals surface area (Å²) in [6.45, 7) is 3.18. The smallest absolute Gasteiger partial charge is 0.378 e. The van der Waals surface area contributed by atoms with Crippen molar-refractivity contribution < 1.29 is 27.5 Å². The molecule has 0 saturated carbocycles. The van der Waals surface area contributed by atoms with Crippen molar-refractivity contribution in [2.75, 3.05) is 23.3 Å². The Bertz CT molecular complexity index is 1040. The van der Waals surface area contributed by atoms with E-state index in [1.54, 1.807) is 17.9 Å². The van der Waals surface area contributed by atoms with E-state index >= 15 is 0 Å². The molecule has 158 valence electrons. The fourth-order valence-electron chi connectivity index (χ4n) is 3.43. The Hall–Kier alpha value is -3.12. The molecule has 0 unspecified atom stereocenters. The molecule has 3 rings (SSSR count). The molecule has 1 atom stereocenters. The van der Waals surface area contributed by atoms with Crippen LogP contribution in [0.2, 0.25) is 0 Å². The molecular formula is C21H19F4N3O2. The molecule has 2 aromatic rings. The molecule has 1 aliphatic rings. The number of benzene rings is 2. The quantitative estimate of drug-likeness (QED) is 0.737. The molecule has 0 bridgehead atoms. The van der Waals surface area contributed by atoms with Gasteiger partial charge in [-0.15, -0.1) is 0 Å². The maximum Gasteiger partial charge on any atom is 0.417 e. The average Bonchev–Trinajstić information content (AvgIpc) is 3.02. The number of rotatable bonds is 4. The summed E-state index contributed by atoms with van der Waals surface area (Å²) in [5.41, 5.74) is -1.94. The molecule has 2 N–H and O–H groups in total. The Labute approximate surface area is 170 Å². The fraction of sp³-hybridized carbons (Fsp3) is 0.333. The first-order valence-electron chi connectivity index (χ1n) is 9.11. The second-order valence-electron chi connectivity index (χ2n) is 7.50. The van der Waals surface area contributed by atoms with Crippen LogP contribution in [0.1, 0.15) is 29.2 Å². The number of hydrogen-bond acceptors (Lipinski definition) is 4. The second kappa shape index (κ2) is 7.61. The second-order valence-corrected chi connectivity index (χ2v) is 7.50. The number of carbonyl (C=O) groups is 1. The normalized spacial score (nSPS) is 15.3. The molecule has 2 aromatic carbocycles. The van der Waals surface area contributed by atoms with E-state index in [4.69, 9.17) is 5.26 Å². The van der Waals surface area contributed by atoms with Crippen LogP contribution in [0.4, 0.5) is 28.9 Å². The number of alkyl halides is 3. The van der Waals surface area contributed by atoms with E-state index in [1.165, 1.54) is 19.1 Å². The van der Waals surface area contributed by atoms with E-state index in [2.05, 4.69) is 5.32 Å². The number of aryl methyl sites for hydroxylation is 1. The summed E-state index contributed by atoms with van der Waals surface area (Å²) in [4.78, 5) is 14.2. The first-order valence-corrected chi connectivity index (χ1v) is 9.11. The van der Waals surface area contributed by atoms with Crippen LogP contribution in [0, 0.1) is 24.1 Å². The van der Waals surface area contributed by atoms with Crippen LogP contribution in [0.25, 0.3) is 0 Å². The summed E-state index contributed by atoms with van der Waals surface area (Å²) in [5, 5.41) is 21.8. The van der Waals surface area contributed by atoms with E-state index in [0.29, 0.717) is 30.3 Å². The third kappa shape index (κ3) is 4.24. The van der Waals surface area contributed by atoms with Gasteiger partial charge in [0.1, 0.15) is 5.82 Å². The number of carbonyl (C=O) groups excluding carboxylic acids is 1. The van der Waals surface area contributed by atoms with Crippen LogP contribution in [0.15, 0.2) is 30.3 Å². The first kappa shape index (κ1) is 21.6. The number of fused-ring (bicyclic) bond motifs is 1. The third-order valence-corrected chi connectivity index (χ3v) is 5.04. The molecule has 0 saturated heterocycles. The Morgan fingerprint density at radius 1 is 1.30 bits per heavy atom. The van der Waals surface area contributed by atoms with Crippen molar-refractivity contribution in [1.29, 1.82) is 5.26 Å². The summed E-state index contributed by atoms with van der Waals surface area (Å²) in [5.74, 6) is -1.32. The van der Waals surface area contributed by atoms with Gasteiger partial charge >= 0.3 is 6.18 Å². The van der Waals surface area contributed by atoms with E-state index in [0.717, 1.165) is 17.7 Å². The van der Waals surface area contributed by atoms with Gasteiger partial charge in [-0.25, -0.2) is 4.39 Å². The van der Waals surface area contributed by atoms with Gasteiger partial charge in [-0.1, -0.05) is 6.07 Å². The summed E-state index contributed by atoms with van der Waals surface area (Å²) >= 11 is 0. The SMILES string of the molecule is Cc1cc2c(cc1F)N(C[C@](C)(O)C(=O)Nc1ccc(C#N)c(C(F)(F)F)c1)CC2. The number of nitriles is 1. The molecule has 0 aromatic heterocycles. The van der Waals surface area contributed by atoms with Crippen molar-refractivity contribution in [2.24, 2.45) is 0 Å². The van der Waals surface area contributed by atoms with Crippen molar-refractivity contribution in [2.45, 2.75) is 32.0 Å². The van der Waals surface area contributed by atoms with Crippen LogP contribution in [-0.2, 0) is 17.4 Å². The lowest BCUT2D eigenvalue weighted by atomic mass is 10.0. The van der Waals surface area contributed by atoms with E-state index in [9.17, 15) is 27.5 Å². The van der Waals surface area contributed by atoms with Gasteiger partial charge in [-0.2, -0.15) is 18.4 Å². The number of hydrogen-bond donors (Lipinski definition) is 2. The number of aliphatic hydroxyl groups is 1. The fourth-order valence-corrected chi connectivity index (χ4v) is 3.43. The van der Waals surface area contributed by atoms with Crippen molar-refractivity contribution in [3.8, 4) is 6.07 Å². The van der Waals surface area contributed by atoms with Crippen molar-refractivity contribution in [3.05, 3.63) is 58.4 Å². The largest absolute Gasteiger partial charge is 0.417 e. The number of anilines is 2. The number of amides is 1. The summed E-state index contributed by atoms with van der Waals surface area (Å²) in [7, 11) is 0. The molecule has 5 nitrogen and oxygen atoms in total. The molecule has 0 spiro atoms. The highest BCUT2D eigenvalue weighted by atomic mass is 19.4. The zero-order valence-electron chi connectivity index (χ0n) is 16.3. The standard InChI is InChI=1S/C21H19F4N3O2/c1-12-7-13-5-6-28(18(13)9-17(12)22)11-20(2,30)19(29)27-15-4-3-14(10-26)16(8-15)21(23,24)25/h3-4,7-9,30H,5-6,11H2,1-2H3,(H,27,29)/t20-/m0/s1. The lowest BCUT2D eigenvalue weighted by molar-refractivity contribution is -0.138. The lowest BCUT2D eigenvalue weighted by Gasteiger charge is -2.29. The zero-order valence-corrected chi connectivity index (χ0v) is 16.3. The molecule has 1 aliphatic heterocycles. The van der Waals surface area contributed by atoms with E-state index in [-0.39, 0.29) is 12.2 Å². The molecule has 9 heteroatoms. The summed E-state index contributed by atoms with van der Waals surface area (Å²) < 4.78 is 53.3. The van der Waals surface area contributed by atoms with Crippen molar-refractivity contribution >= 4 is 17.3 Å². The number of nitrogens with zero attached hydrogens (tertiary/aromatic N) is 2. The monoisotopic (exact) mass is 421 g/mol. The van der Waals surface area contributed by atoms with Gasteiger partial charge in [0.05, 0.1) is 23.7 Å². The third-order valence-electron chi connectivity index (χ3n) is 5.04. The zero-order chi connectivity index (χ0) is 22.3. The van der Waals surface area contributed by atoms with Gasteiger partial charge in [0, 0.05) is 17.9 Å². The Kier molecular flexibility index (Phi) is 5.48. The minimum Gasteiger partial charge on any atom is -0.378 e. The van der Waals surface area contributed by atoms with Gasteiger partial charge in [0.2, 0.25) is 0 Å². The number of nitrogens with one attached hydrogen (secondary N) is 1. The molecule has 1 amide bonds. The van der Waals surface area contributed by atoms with Gasteiger partial charge in [0.25, 0.3) is 5.91 Å². The van der Waals surface area contributed by atoms with Crippen LogP contribution < -0.4 is 10.2 Å². The maximum atomic E-state index is 13.9. The Balaban J connectivity index is 1.78. The van der Waals surface area contributed by atoms with Crippen LogP contribution >= 0.6 is 0 Å². The van der Waals surface area contributed by atoms with E-state index in [1.807, 2.05) is 0 Å². The highest BCUT2D eigenvalue weighted by Crippen LogP contribution is 2.34. The molecule has 0 aliphatic carbocycles. The van der Waals surface area contributed by atoms with Crippen LogP contribution in [0.3, 0.4) is 0 Å². The van der Waals surface area contributed by atoms with Gasteiger partial charge in [0.15, 0.2) is 5.60 Å². The van der Waals surface area contributed by atoms with Gasteiger partial charge in [-0.3, -0.25) is 4.79 Å². The highest BCUT2D eigenvalue weighted by molar-refractivity contribution is 5.97. The predicted molar refractivity (Wildman–Crippen MR) is 102 cm³/mol. The van der Waals surface area contributed by atoms with Crippen molar-refractivity contribution in [1.82, 2.24) is 0 Å². The molecule has 0 radical (unpaired) electrons. The van der Waals surface area contributed by atoms with Gasteiger partial charge in [-0.05, 0) is 55.7 Å². The van der Waals surface area contributed by atoms with Crippen LogP contribution in [-0.4, -0.2) is 29.7 Å². The first-order chi connectivity index (χ1) is 13.9. The topological polar surface area (TPSA) is 76.4 Å². The summed E-state index contributed by atoms with van der Waals surface area (Å²) in [6, 6.07) is 7.29. The molecule has 30 heavy (non-hydrogen) atoms. The average molecular weight is 421 g/mol. The van der Waals surface area contributed by atoms with Crippen molar-refractivity contribution in [3.63, 3.8) is 0 Å². The predicted octanol–water partition coefficient (Wildman–Crippen LogP) is 3.78. The molecule has 1 heterocycles. The minimum atomic E-state index is -4.77.